The van der Waals surface area contributed by atoms with Gasteiger partial charge in [0.05, 0.1) is 0 Å². The third-order valence-corrected chi connectivity index (χ3v) is 3.10. The fourth-order valence-corrected chi connectivity index (χ4v) is 2.30. The second kappa shape index (κ2) is 5.08. The van der Waals surface area contributed by atoms with Crippen molar-refractivity contribution in [1.82, 2.24) is 4.90 Å². The predicted octanol–water partition coefficient (Wildman–Crippen LogP) is 2.24. The van der Waals surface area contributed by atoms with Crippen molar-refractivity contribution in [2.75, 3.05) is 6.54 Å². The summed E-state index contributed by atoms with van der Waals surface area (Å²) >= 11 is 0. The van der Waals surface area contributed by atoms with Crippen LogP contribution in [0.4, 0.5) is 0 Å². The maximum atomic E-state index is 10.5. The lowest BCUT2D eigenvalue weighted by Crippen LogP contribution is -2.29. The third kappa shape index (κ3) is 2.66. The Morgan fingerprint density at radius 1 is 1.33 bits per heavy atom. The molecule has 1 atom stereocenters. The van der Waals surface area contributed by atoms with Crippen LogP contribution in [0, 0.1) is 0 Å². The topological polar surface area (TPSA) is 20.3 Å². The molecule has 1 aliphatic rings. The van der Waals surface area contributed by atoms with E-state index in [9.17, 15) is 4.79 Å². The molecule has 1 aliphatic heterocycles. The van der Waals surface area contributed by atoms with Crippen molar-refractivity contribution in [3.63, 3.8) is 0 Å². The van der Waals surface area contributed by atoms with Crippen molar-refractivity contribution >= 4 is 6.29 Å². The Morgan fingerprint density at radius 3 is 2.87 bits per heavy atom. The molecule has 2 rings (SSSR count). The molecular formula is C13H17NO. The first kappa shape index (κ1) is 10.4. The van der Waals surface area contributed by atoms with Gasteiger partial charge in [-0.1, -0.05) is 30.3 Å². The van der Waals surface area contributed by atoms with E-state index in [0.717, 1.165) is 19.4 Å². The molecule has 0 aliphatic carbocycles. The van der Waals surface area contributed by atoms with Crippen molar-refractivity contribution in [3.8, 4) is 0 Å². The predicted molar refractivity (Wildman–Crippen MR) is 60.6 cm³/mol. The van der Waals surface area contributed by atoms with Gasteiger partial charge >= 0.3 is 0 Å². The molecule has 1 fully saturated rings. The number of hydrogen-bond donors (Lipinski definition) is 0. The molecule has 1 aromatic carbocycles. The van der Waals surface area contributed by atoms with E-state index < -0.39 is 0 Å². The number of likely N-dealkylation sites (tertiary alicyclic amines) is 1. The molecule has 0 bridgehead atoms. The molecule has 1 heterocycles. The van der Waals surface area contributed by atoms with Crippen LogP contribution in [0.25, 0.3) is 0 Å². The molecule has 1 aromatic rings. The molecule has 0 spiro atoms. The second-order valence-electron chi connectivity index (χ2n) is 4.15. The highest BCUT2D eigenvalue weighted by atomic mass is 16.1. The highest BCUT2D eigenvalue weighted by molar-refractivity contribution is 5.50. The lowest BCUT2D eigenvalue weighted by atomic mass is 10.1. The van der Waals surface area contributed by atoms with E-state index in [4.69, 9.17) is 0 Å². The fraction of sp³-hybridized carbons (Fsp3) is 0.462. The monoisotopic (exact) mass is 203 g/mol. The van der Waals surface area contributed by atoms with Crippen LogP contribution in [0.3, 0.4) is 0 Å². The van der Waals surface area contributed by atoms with E-state index in [-0.39, 0.29) is 0 Å². The van der Waals surface area contributed by atoms with Gasteiger partial charge in [-0.15, -0.1) is 0 Å². The summed E-state index contributed by atoms with van der Waals surface area (Å²) in [5.41, 5.74) is 1.34. The summed E-state index contributed by atoms with van der Waals surface area (Å²) in [5, 5.41) is 0. The van der Waals surface area contributed by atoms with Crippen molar-refractivity contribution in [3.05, 3.63) is 35.9 Å². The molecular weight excluding hydrogens is 186 g/mol. The SMILES string of the molecule is O=CCC1CCCN1Cc1ccccc1. The van der Waals surface area contributed by atoms with Crippen LogP contribution in [0.15, 0.2) is 30.3 Å². The summed E-state index contributed by atoms with van der Waals surface area (Å²) in [6, 6.07) is 11.0. The number of benzene rings is 1. The first-order valence-electron chi connectivity index (χ1n) is 5.62. The van der Waals surface area contributed by atoms with Crippen molar-refractivity contribution < 1.29 is 4.79 Å². The highest BCUT2D eigenvalue weighted by Gasteiger charge is 2.23. The van der Waals surface area contributed by atoms with E-state index in [0.29, 0.717) is 12.5 Å². The summed E-state index contributed by atoms with van der Waals surface area (Å²) in [4.78, 5) is 13.0. The number of carbonyl (C=O) groups is 1. The molecule has 15 heavy (non-hydrogen) atoms. The minimum absolute atomic E-state index is 0.475. The Morgan fingerprint density at radius 2 is 2.13 bits per heavy atom. The van der Waals surface area contributed by atoms with Gasteiger partial charge in [-0.25, -0.2) is 0 Å². The van der Waals surface area contributed by atoms with Crippen LogP contribution in [0.2, 0.25) is 0 Å². The summed E-state index contributed by atoms with van der Waals surface area (Å²) in [7, 11) is 0. The lowest BCUT2D eigenvalue weighted by molar-refractivity contribution is -0.108. The van der Waals surface area contributed by atoms with E-state index in [2.05, 4.69) is 29.2 Å². The van der Waals surface area contributed by atoms with Crippen molar-refractivity contribution in [1.29, 1.82) is 0 Å². The zero-order valence-electron chi connectivity index (χ0n) is 8.93. The zero-order chi connectivity index (χ0) is 10.5. The quantitative estimate of drug-likeness (QED) is 0.699. The first-order valence-corrected chi connectivity index (χ1v) is 5.62. The van der Waals surface area contributed by atoms with Gasteiger partial charge in [-0.05, 0) is 24.9 Å². The number of nitrogens with zero attached hydrogens (tertiary/aromatic N) is 1. The number of aldehydes is 1. The van der Waals surface area contributed by atoms with Crippen LogP contribution in [0.1, 0.15) is 24.8 Å². The molecule has 0 N–H and O–H groups in total. The normalized spacial score (nSPS) is 21.7. The third-order valence-electron chi connectivity index (χ3n) is 3.10. The smallest absolute Gasteiger partial charge is 0.121 e. The zero-order valence-corrected chi connectivity index (χ0v) is 8.93. The lowest BCUT2D eigenvalue weighted by Gasteiger charge is -2.22. The van der Waals surface area contributed by atoms with E-state index in [1.807, 2.05) is 6.07 Å². The Hall–Kier alpha value is -1.15. The van der Waals surface area contributed by atoms with E-state index in [1.165, 1.54) is 18.4 Å². The molecule has 0 saturated carbocycles. The number of carbonyl (C=O) groups excluding carboxylic acids is 1. The Balaban J connectivity index is 1.96. The average Bonchev–Trinajstić information content (AvgIpc) is 2.68. The molecule has 1 saturated heterocycles. The molecule has 80 valence electrons. The Labute approximate surface area is 90.9 Å². The van der Waals surface area contributed by atoms with Gasteiger partial charge in [0.2, 0.25) is 0 Å². The van der Waals surface area contributed by atoms with Crippen LogP contribution >= 0.6 is 0 Å². The van der Waals surface area contributed by atoms with Crippen LogP contribution in [-0.2, 0) is 11.3 Å². The maximum absolute atomic E-state index is 10.5. The van der Waals surface area contributed by atoms with Gasteiger partial charge in [0.15, 0.2) is 0 Å². The minimum Gasteiger partial charge on any atom is -0.303 e. The fourth-order valence-electron chi connectivity index (χ4n) is 2.30. The van der Waals surface area contributed by atoms with Gasteiger partial charge in [-0.3, -0.25) is 4.90 Å². The Kier molecular flexibility index (Phi) is 3.51. The van der Waals surface area contributed by atoms with Gasteiger partial charge in [0, 0.05) is 19.0 Å². The van der Waals surface area contributed by atoms with Crippen molar-refractivity contribution in [2.24, 2.45) is 0 Å². The van der Waals surface area contributed by atoms with Gasteiger partial charge < -0.3 is 4.79 Å². The minimum atomic E-state index is 0.475. The average molecular weight is 203 g/mol. The summed E-state index contributed by atoms with van der Waals surface area (Å²) < 4.78 is 0. The molecule has 0 amide bonds. The van der Waals surface area contributed by atoms with Gasteiger partial charge in [0.25, 0.3) is 0 Å². The standard InChI is InChI=1S/C13H17NO/c15-10-8-13-7-4-9-14(13)11-12-5-2-1-3-6-12/h1-3,5-6,10,13H,4,7-9,11H2. The highest BCUT2D eigenvalue weighted by Crippen LogP contribution is 2.21. The molecule has 2 nitrogen and oxygen atoms in total. The van der Waals surface area contributed by atoms with E-state index in [1.54, 1.807) is 0 Å². The molecule has 2 heteroatoms. The molecule has 0 aromatic heterocycles. The molecule has 0 radical (unpaired) electrons. The van der Waals surface area contributed by atoms with Crippen molar-refractivity contribution in [2.45, 2.75) is 31.8 Å². The molecule has 1 unspecified atom stereocenters. The van der Waals surface area contributed by atoms with Crippen LogP contribution in [-0.4, -0.2) is 23.8 Å². The van der Waals surface area contributed by atoms with Crippen LogP contribution < -0.4 is 0 Å². The second-order valence-corrected chi connectivity index (χ2v) is 4.15. The van der Waals surface area contributed by atoms with E-state index >= 15 is 0 Å². The number of rotatable bonds is 4. The summed E-state index contributed by atoms with van der Waals surface area (Å²) in [6.45, 7) is 2.12. The largest absolute Gasteiger partial charge is 0.303 e. The summed E-state index contributed by atoms with van der Waals surface area (Å²) in [5.74, 6) is 0. The van der Waals surface area contributed by atoms with Gasteiger partial charge in [-0.2, -0.15) is 0 Å². The summed E-state index contributed by atoms with van der Waals surface area (Å²) in [6.07, 6.45) is 4.14. The van der Waals surface area contributed by atoms with Gasteiger partial charge in [0.1, 0.15) is 6.29 Å². The number of hydrogen-bond acceptors (Lipinski definition) is 2. The first-order chi connectivity index (χ1) is 7.40. The Bertz CT molecular complexity index is 310. The maximum Gasteiger partial charge on any atom is 0.121 e. The van der Waals surface area contributed by atoms with Crippen LogP contribution in [0.5, 0.6) is 0 Å².